The minimum atomic E-state index is -3.44. The zero-order valence-corrected chi connectivity index (χ0v) is 12.0. The van der Waals surface area contributed by atoms with Gasteiger partial charge in [0.2, 0.25) is 0 Å². The molecule has 0 fully saturated rings. The van der Waals surface area contributed by atoms with E-state index in [1.54, 1.807) is 6.92 Å². The summed E-state index contributed by atoms with van der Waals surface area (Å²) in [5.41, 5.74) is 7.00. The second-order valence-corrected chi connectivity index (χ2v) is 5.78. The molecule has 104 valence electrons. The molecule has 0 aliphatic rings. The molecule has 0 spiro atoms. The van der Waals surface area contributed by atoms with E-state index >= 15 is 0 Å². The lowest BCUT2D eigenvalue weighted by atomic mass is 10.1. The second-order valence-electron chi connectivity index (χ2n) is 3.92. The molecule has 19 heavy (non-hydrogen) atoms. The summed E-state index contributed by atoms with van der Waals surface area (Å²) in [6, 6.07) is 7.43. The van der Waals surface area contributed by atoms with Gasteiger partial charge in [0.25, 0.3) is 10.2 Å². The minimum Gasteiger partial charge on any atom is -0.320 e. The number of hydrogen-bond acceptors (Lipinski definition) is 3. The highest BCUT2D eigenvalue weighted by molar-refractivity contribution is 7.87. The molecule has 1 rings (SSSR count). The Bertz CT molecular complexity index is 573. The number of benzene rings is 1. The van der Waals surface area contributed by atoms with Crippen LogP contribution < -0.4 is 10.5 Å². The summed E-state index contributed by atoms with van der Waals surface area (Å²) in [6.07, 6.45) is 0. The number of nitrogens with two attached hydrogens (primary N) is 1. The van der Waals surface area contributed by atoms with E-state index in [0.29, 0.717) is 6.54 Å². The van der Waals surface area contributed by atoms with Gasteiger partial charge < -0.3 is 5.73 Å². The Morgan fingerprint density at radius 1 is 1.37 bits per heavy atom. The number of rotatable bonds is 5. The standard InChI is InChI=1S/C13H19N3O2S/c1-3-15-19(17,18)16(2)11-13-8-5-4-7-12(13)9-6-10-14/h4-5,7-8,15H,3,10-11,14H2,1-2H3. The molecule has 5 nitrogen and oxygen atoms in total. The van der Waals surface area contributed by atoms with Crippen LogP contribution in [0.1, 0.15) is 18.1 Å². The van der Waals surface area contributed by atoms with E-state index in [-0.39, 0.29) is 13.1 Å². The van der Waals surface area contributed by atoms with E-state index in [1.807, 2.05) is 24.3 Å². The fourth-order valence-electron chi connectivity index (χ4n) is 1.54. The molecule has 0 bridgehead atoms. The molecular formula is C13H19N3O2S. The summed E-state index contributed by atoms with van der Waals surface area (Å²) < 4.78 is 27.3. The molecule has 0 aromatic heterocycles. The SMILES string of the molecule is CCNS(=O)(=O)N(C)Cc1ccccc1C#CCN. The van der Waals surface area contributed by atoms with E-state index in [9.17, 15) is 8.42 Å². The third-order valence-corrected chi connectivity index (χ3v) is 4.08. The van der Waals surface area contributed by atoms with Crippen LogP contribution in [-0.4, -0.2) is 32.9 Å². The van der Waals surface area contributed by atoms with Gasteiger partial charge in [0.1, 0.15) is 0 Å². The van der Waals surface area contributed by atoms with Crippen LogP contribution in [0.2, 0.25) is 0 Å². The fraction of sp³-hybridized carbons (Fsp3) is 0.385. The van der Waals surface area contributed by atoms with Gasteiger partial charge in [-0.25, -0.2) is 4.72 Å². The van der Waals surface area contributed by atoms with Crippen molar-refractivity contribution in [2.45, 2.75) is 13.5 Å². The zero-order valence-electron chi connectivity index (χ0n) is 11.2. The summed E-state index contributed by atoms with van der Waals surface area (Å²) in [7, 11) is -1.90. The van der Waals surface area contributed by atoms with Crippen LogP contribution >= 0.6 is 0 Å². The number of hydrogen-bond donors (Lipinski definition) is 2. The average molecular weight is 281 g/mol. The maximum absolute atomic E-state index is 11.8. The maximum atomic E-state index is 11.8. The molecule has 1 aromatic rings. The van der Waals surface area contributed by atoms with Gasteiger partial charge in [-0.1, -0.05) is 37.0 Å². The van der Waals surface area contributed by atoms with E-state index in [0.717, 1.165) is 11.1 Å². The molecule has 3 N–H and O–H groups in total. The van der Waals surface area contributed by atoms with Crippen molar-refractivity contribution in [3.8, 4) is 11.8 Å². The fourth-order valence-corrected chi connectivity index (χ4v) is 2.44. The Labute approximate surface area is 115 Å². The Hall–Kier alpha value is -1.39. The molecule has 1 aromatic carbocycles. The summed E-state index contributed by atoms with van der Waals surface area (Å²) in [4.78, 5) is 0. The molecule has 0 radical (unpaired) electrons. The van der Waals surface area contributed by atoms with Crippen molar-refractivity contribution in [2.75, 3.05) is 20.1 Å². The smallest absolute Gasteiger partial charge is 0.279 e. The second kappa shape index (κ2) is 7.26. The molecule has 0 amide bonds. The third-order valence-electron chi connectivity index (χ3n) is 2.47. The minimum absolute atomic E-state index is 0.269. The van der Waals surface area contributed by atoms with Gasteiger partial charge in [0.15, 0.2) is 0 Å². The third kappa shape index (κ3) is 4.65. The first-order chi connectivity index (χ1) is 9.01. The van der Waals surface area contributed by atoms with Gasteiger partial charge in [0.05, 0.1) is 6.54 Å². The number of nitrogens with zero attached hydrogens (tertiary/aromatic N) is 1. The van der Waals surface area contributed by atoms with Gasteiger partial charge in [-0.2, -0.15) is 12.7 Å². The molecule has 0 unspecified atom stereocenters. The highest BCUT2D eigenvalue weighted by atomic mass is 32.2. The van der Waals surface area contributed by atoms with E-state index < -0.39 is 10.2 Å². The predicted octanol–water partition coefficient (Wildman–Crippen LogP) is 0.283. The van der Waals surface area contributed by atoms with Gasteiger partial charge in [-0.15, -0.1) is 0 Å². The molecule has 0 saturated heterocycles. The topological polar surface area (TPSA) is 75.4 Å². The Morgan fingerprint density at radius 3 is 2.68 bits per heavy atom. The van der Waals surface area contributed by atoms with Gasteiger partial charge in [-0.05, 0) is 11.6 Å². The first-order valence-electron chi connectivity index (χ1n) is 5.99. The quantitative estimate of drug-likeness (QED) is 0.761. The largest absolute Gasteiger partial charge is 0.320 e. The maximum Gasteiger partial charge on any atom is 0.279 e. The van der Waals surface area contributed by atoms with Crippen molar-refractivity contribution in [1.29, 1.82) is 0 Å². The molecule has 0 saturated carbocycles. The van der Waals surface area contributed by atoms with Crippen LogP contribution in [0.25, 0.3) is 0 Å². The van der Waals surface area contributed by atoms with Gasteiger partial charge in [0, 0.05) is 25.7 Å². The van der Waals surface area contributed by atoms with Crippen LogP contribution in [0.4, 0.5) is 0 Å². The number of nitrogens with one attached hydrogen (secondary N) is 1. The zero-order chi connectivity index (χ0) is 14.3. The van der Waals surface area contributed by atoms with Gasteiger partial charge in [-0.3, -0.25) is 0 Å². The first-order valence-corrected chi connectivity index (χ1v) is 7.43. The van der Waals surface area contributed by atoms with Crippen LogP contribution in [0.5, 0.6) is 0 Å². The normalized spacial score (nSPS) is 11.2. The van der Waals surface area contributed by atoms with E-state index in [4.69, 9.17) is 5.73 Å². The predicted molar refractivity (Wildman–Crippen MR) is 76.4 cm³/mol. The van der Waals surface area contributed by atoms with Crippen molar-refractivity contribution in [2.24, 2.45) is 5.73 Å². The van der Waals surface area contributed by atoms with Crippen LogP contribution in [0.15, 0.2) is 24.3 Å². The molecule has 0 aliphatic heterocycles. The highest BCUT2D eigenvalue weighted by Gasteiger charge is 2.17. The average Bonchev–Trinajstić information content (AvgIpc) is 2.37. The van der Waals surface area contributed by atoms with Crippen molar-refractivity contribution in [3.63, 3.8) is 0 Å². The van der Waals surface area contributed by atoms with E-state index in [2.05, 4.69) is 16.6 Å². The van der Waals surface area contributed by atoms with E-state index in [1.165, 1.54) is 11.4 Å². The van der Waals surface area contributed by atoms with Crippen molar-refractivity contribution >= 4 is 10.2 Å². The highest BCUT2D eigenvalue weighted by Crippen LogP contribution is 2.11. The van der Waals surface area contributed by atoms with Crippen molar-refractivity contribution in [3.05, 3.63) is 35.4 Å². The summed E-state index contributed by atoms with van der Waals surface area (Å²) in [6.45, 7) is 2.65. The lowest BCUT2D eigenvalue weighted by molar-refractivity contribution is 0.456. The summed E-state index contributed by atoms with van der Waals surface area (Å²) in [5.74, 6) is 5.72. The van der Waals surface area contributed by atoms with Crippen molar-refractivity contribution in [1.82, 2.24) is 9.03 Å². The molecule has 0 aliphatic carbocycles. The summed E-state index contributed by atoms with van der Waals surface area (Å²) in [5, 5.41) is 0. The molecule has 6 heteroatoms. The van der Waals surface area contributed by atoms with Crippen molar-refractivity contribution < 1.29 is 8.42 Å². The first kappa shape index (κ1) is 15.7. The monoisotopic (exact) mass is 281 g/mol. The van der Waals surface area contributed by atoms with Crippen LogP contribution in [-0.2, 0) is 16.8 Å². The lowest BCUT2D eigenvalue weighted by Gasteiger charge is -2.17. The molecular weight excluding hydrogens is 262 g/mol. The van der Waals surface area contributed by atoms with Gasteiger partial charge >= 0.3 is 0 Å². The Kier molecular flexibility index (Phi) is 5.99. The van der Waals surface area contributed by atoms with Crippen LogP contribution in [0.3, 0.4) is 0 Å². The van der Waals surface area contributed by atoms with Crippen LogP contribution in [0, 0.1) is 11.8 Å². The summed E-state index contributed by atoms with van der Waals surface area (Å²) >= 11 is 0. The lowest BCUT2D eigenvalue weighted by Crippen LogP contribution is -2.37. The molecule has 0 heterocycles. The Morgan fingerprint density at radius 2 is 2.05 bits per heavy atom. The molecule has 0 atom stereocenters. The Balaban J connectivity index is 2.94.